The van der Waals surface area contributed by atoms with E-state index in [0.29, 0.717) is 5.13 Å². The summed E-state index contributed by atoms with van der Waals surface area (Å²) in [5.74, 6) is -0.264. The minimum atomic E-state index is -0.150. The average molecular weight is 449 g/mol. The molecule has 2 aromatic heterocycles. The lowest BCUT2D eigenvalue weighted by Crippen LogP contribution is -2.14. The first-order valence-electron chi connectivity index (χ1n) is 9.61. The van der Waals surface area contributed by atoms with E-state index in [0.717, 1.165) is 33.2 Å². The van der Waals surface area contributed by atoms with Crippen molar-refractivity contribution >= 4 is 45.3 Å². The maximum Gasteiger partial charge on any atom is 0.232 e. The molecule has 2 N–H and O–H groups in total. The van der Waals surface area contributed by atoms with Crippen molar-refractivity contribution in [2.75, 3.05) is 10.6 Å². The lowest BCUT2D eigenvalue weighted by molar-refractivity contribution is -0.116. The van der Waals surface area contributed by atoms with E-state index >= 15 is 0 Å². The summed E-state index contributed by atoms with van der Waals surface area (Å²) in [6.45, 7) is 3.52. The number of thiazole rings is 2. The second kappa shape index (κ2) is 9.20. The summed E-state index contributed by atoms with van der Waals surface area (Å²) in [6, 6.07) is 15.6. The summed E-state index contributed by atoms with van der Waals surface area (Å²) in [7, 11) is 0. The summed E-state index contributed by atoms with van der Waals surface area (Å²) < 4.78 is 0. The number of nitrogens with one attached hydrogen (secondary N) is 2. The molecule has 0 atom stereocenters. The third-order valence-electron chi connectivity index (χ3n) is 4.44. The van der Waals surface area contributed by atoms with Gasteiger partial charge >= 0.3 is 0 Å². The van der Waals surface area contributed by atoms with Crippen LogP contribution in [0.5, 0.6) is 0 Å². The van der Waals surface area contributed by atoms with Gasteiger partial charge in [-0.1, -0.05) is 42.0 Å². The van der Waals surface area contributed by atoms with Crippen LogP contribution in [0.4, 0.5) is 10.8 Å². The molecular formula is C23H20N4O2S2. The van der Waals surface area contributed by atoms with Crippen molar-refractivity contribution in [2.24, 2.45) is 0 Å². The number of nitrogens with zero attached hydrogens (tertiary/aromatic N) is 2. The number of anilines is 2. The second-order valence-corrected chi connectivity index (χ2v) is 8.75. The molecule has 4 rings (SSSR count). The van der Waals surface area contributed by atoms with Gasteiger partial charge in [-0.2, -0.15) is 0 Å². The van der Waals surface area contributed by atoms with Gasteiger partial charge < -0.3 is 10.6 Å². The van der Waals surface area contributed by atoms with Crippen LogP contribution in [0.1, 0.15) is 18.2 Å². The molecule has 2 amide bonds. The van der Waals surface area contributed by atoms with Gasteiger partial charge in [0.25, 0.3) is 0 Å². The highest BCUT2D eigenvalue weighted by Crippen LogP contribution is 2.27. The van der Waals surface area contributed by atoms with Crippen LogP contribution in [0.15, 0.2) is 59.3 Å². The highest BCUT2D eigenvalue weighted by atomic mass is 32.1. The molecule has 0 aliphatic rings. The van der Waals surface area contributed by atoms with Crippen molar-refractivity contribution < 1.29 is 9.59 Å². The van der Waals surface area contributed by atoms with Gasteiger partial charge in [-0.25, -0.2) is 9.97 Å². The Morgan fingerprint density at radius 1 is 0.871 bits per heavy atom. The Morgan fingerprint density at radius 2 is 1.58 bits per heavy atom. The van der Waals surface area contributed by atoms with Crippen LogP contribution >= 0.6 is 22.7 Å². The van der Waals surface area contributed by atoms with Crippen molar-refractivity contribution in [2.45, 2.75) is 20.3 Å². The first kappa shape index (κ1) is 20.9. The Hall–Kier alpha value is -3.36. The normalized spacial score (nSPS) is 10.6. The van der Waals surface area contributed by atoms with Crippen LogP contribution in [0.2, 0.25) is 0 Å². The zero-order chi connectivity index (χ0) is 21.8. The molecule has 0 spiro atoms. The summed E-state index contributed by atoms with van der Waals surface area (Å²) in [5.41, 5.74) is 5.40. The van der Waals surface area contributed by atoms with Gasteiger partial charge in [-0.3, -0.25) is 9.59 Å². The summed E-state index contributed by atoms with van der Waals surface area (Å²) in [5, 5.41) is 10.8. The molecule has 0 aliphatic carbocycles. The van der Waals surface area contributed by atoms with Gasteiger partial charge in [-0.15, -0.1) is 22.7 Å². The molecule has 0 unspecified atom stereocenters. The number of amides is 2. The number of aromatic nitrogens is 2. The number of aryl methyl sites for hydroxylation is 1. The third kappa shape index (κ3) is 5.42. The Balaban J connectivity index is 1.37. The fourth-order valence-corrected chi connectivity index (χ4v) is 4.50. The van der Waals surface area contributed by atoms with Crippen LogP contribution in [0.25, 0.3) is 21.8 Å². The topological polar surface area (TPSA) is 84.0 Å². The predicted octanol–water partition coefficient (Wildman–Crippen LogP) is 5.38. The highest BCUT2D eigenvalue weighted by molar-refractivity contribution is 7.14. The van der Waals surface area contributed by atoms with Gasteiger partial charge in [0, 0.05) is 34.5 Å². The summed E-state index contributed by atoms with van der Waals surface area (Å²) in [6.07, 6.45) is 0.197. The van der Waals surface area contributed by atoms with Gasteiger partial charge in [0.05, 0.1) is 17.8 Å². The molecule has 4 aromatic rings. The summed E-state index contributed by atoms with van der Waals surface area (Å²) in [4.78, 5) is 32.6. The smallest absolute Gasteiger partial charge is 0.232 e. The van der Waals surface area contributed by atoms with E-state index in [1.54, 1.807) is 0 Å². The molecule has 2 aromatic carbocycles. The maximum atomic E-state index is 12.4. The van der Waals surface area contributed by atoms with Crippen LogP contribution in [0, 0.1) is 6.92 Å². The van der Waals surface area contributed by atoms with E-state index in [1.807, 2.05) is 54.1 Å². The van der Waals surface area contributed by atoms with E-state index in [-0.39, 0.29) is 18.2 Å². The first-order valence-corrected chi connectivity index (χ1v) is 11.4. The van der Waals surface area contributed by atoms with Gasteiger partial charge in [0.2, 0.25) is 11.8 Å². The SMILES string of the molecule is CC(=O)Nc1ccc(-c2csc(NC(=O)Cc3csc(-c4ccc(C)cc4)n3)n2)cc1. The van der Waals surface area contributed by atoms with E-state index in [4.69, 9.17) is 0 Å². The molecule has 0 radical (unpaired) electrons. The van der Waals surface area contributed by atoms with Crippen molar-refractivity contribution in [3.63, 3.8) is 0 Å². The Bertz CT molecular complexity index is 1210. The van der Waals surface area contributed by atoms with E-state index in [1.165, 1.54) is 35.2 Å². The lowest BCUT2D eigenvalue weighted by atomic mass is 10.1. The quantitative estimate of drug-likeness (QED) is 0.415. The fraction of sp³-hybridized carbons (Fsp3) is 0.130. The molecule has 2 heterocycles. The van der Waals surface area contributed by atoms with Crippen LogP contribution in [-0.4, -0.2) is 21.8 Å². The van der Waals surface area contributed by atoms with E-state index in [9.17, 15) is 9.59 Å². The Kier molecular flexibility index (Phi) is 6.20. The lowest BCUT2D eigenvalue weighted by Gasteiger charge is -2.03. The molecule has 0 saturated heterocycles. The first-order chi connectivity index (χ1) is 15.0. The molecule has 8 heteroatoms. The number of hydrogen-bond acceptors (Lipinski definition) is 6. The average Bonchev–Trinajstić information content (AvgIpc) is 3.38. The number of carbonyl (C=O) groups is 2. The summed E-state index contributed by atoms with van der Waals surface area (Å²) >= 11 is 2.90. The number of hydrogen-bond donors (Lipinski definition) is 2. The van der Waals surface area contributed by atoms with Crippen LogP contribution < -0.4 is 10.6 Å². The Labute approximate surface area is 188 Å². The van der Waals surface area contributed by atoms with Crippen molar-refractivity contribution in [3.8, 4) is 21.8 Å². The van der Waals surface area contributed by atoms with Crippen molar-refractivity contribution in [1.82, 2.24) is 9.97 Å². The van der Waals surface area contributed by atoms with Crippen molar-refractivity contribution in [3.05, 3.63) is 70.5 Å². The third-order valence-corrected chi connectivity index (χ3v) is 6.14. The molecular weight excluding hydrogens is 428 g/mol. The fourth-order valence-electron chi connectivity index (χ4n) is 2.94. The van der Waals surface area contributed by atoms with Crippen LogP contribution in [0.3, 0.4) is 0 Å². The zero-order valence-corrected chi connectivity index (χ0v) is 18.6. The van der Waals surface area contributed by atoms with E-state index in [2.05, 4.69) is 32.7 Å². The van der Waals surface area contributed by atoms with Crippen LogP contribution in [-0.2, 0) is 16.0 Å². The highest BCUT2D eigenvalue weighted by Gasteiger charge is 2.12. The molecule has 0 aliphatic heterocycles. The molecule has 0 fully saturated rings. The van der Waals surface area contributed by atoms with Gasteiger partial charge in [0.15, 0.2) is 5.13 Å². The van der Waals surface area contributed by atoms with Crippen molar-refractivity contribution in [1.29, 1.82) is 0 Å². The Morgan fingerprint density at radius 3 is 2.29 bits per heavy atom. The minimum Gasteiger partial charge on any atom is -0.326 e. The molecule has 0 saturated carbocycles. The van der Waals surface area contributed by atoms with Gasteiger partial charge in [-0.05, 0) is 19.1 Å². The zero-order valence-electron chi connectivity index (χ0n) is 17.0. The molecule has 6 nitrogen and oxygen atoms in total. The number of benzene rings is 2. The molecule has 31 heavy (non-hydrogen) atoms. The monoisotopic (exact) mass is 448 g/mol. The number of rotatable bonds is 6. The predicted molar refractivity (Wildman–Crippen MR) is 126 cm³/mol. The minimum absolute atomic E-state index is 0.113. The second-order valence-electron chi connectivity index (χ2n) is 7.03. The maximum absolute atomic E-state index is 12.4. The van der Waals surface area contributed by atoms with E-state index < -0.39 is 0 Å². The molecule has 156 valence electrons. The molecule has 0 bridgehead atoms. The number of carbonyl (C=O) groups excluding carboxylic acids is 2. The standard InChI is InChI=1S/C23H20N4O2S2/c1-14-3-5-17(6-4-14)22-25-19(12-30-22)11-21(29)27-23-26-20(13-31-23)16-7-9-18(10-8-16)24-15(2)28/h3-10,12-13H,11H2,1-2H3,(H,24,28)(H,26,27,29). The largest absolute Gasteiger partial charge is 0.326 e. The van der Waals surface area contributed by atoms with Gasteiger partial charge in [0.1, 0.15) is 5.01 Å².